The van der Waals surface area contributed by atoms with Crippen molar-refractivity contribution in [1.29, 1.82) is 0 Å². The predicted molar refractivity (Wildman–Crippen MR) is 88.6 cm³/mol. The highest BCUT2D eigenvalue weighted by Crippen LogP contribution is 2.21. The molecule has 2 heterocycles. The van der Waals surface area contributed by atoms with Crippen LogP contribution in [0.1, 0.15) is 24.8 Å². The first-order chi connectivity index (χ1) is 9.33. The summed E-state index contributed by atoms with van der Waals surface area (Å²) in [5.74, 6) is 0.589. The van der Waals surface area contributed by atoms with Crippen molar-refractivity contribution in [2.45, 2.75) is 19.3 Å². The van der Waals surface area contributed by atoms with E-state index in [1.807, 2.05) is 0 Å². The Morgan fingerprint density at radius 1 is 1.00 bits per heavy atom. The molecule has 3 nitrogen and oxygen atoms in total. The third-order valence-electron chi connectivity index (χ3n) is 3.40. The Kier molecular flexibility index (Phi) is 5.60. The number of thioether (sulfide) groups is 1. The zero-order valence-corrected chi connectivity index (χ0v) is 13.6. The van der Waals surface area contributed by atoms with Crippen LogP contribution in [0.4, 0.5) is 4.39 Å². The van der Waals surface area contributed by atoms with E-state index < -0.39 is 0 Å². The molecule has 0 N–H and O–H groups in total. The summed E-state index contributed by atoms with van der Waals surface area (Å²) in [6.45, 7) is 2.18. The average molecular weight is 358 g/mol. The lowest BCUT2D eigenvalue weighted by Gasteiger charge is -2.29. The number of halogens is 2. The Bertz CT molecular complexity index is 510. The Hall–Kier alpha value is -0.880. The van der Waals surface area contributed by atoms with Crippen molar-refractivity contribution in [3.63, 3.8) is 0 Å². The number of piperidine rings is 1. The third-order valence-corrected chi connectivity index (χ3v) is 4.41. The van der Waals surface area contributed by atoms with Gasteiger partial charge in [-0.25, -0.2) is 4.39 Å². The monoisotopic (exact) mass is 357 g/mol. The fraction of sp³-hybridized carbons (Fsp3) is 0.429. The number of rotatable bonds is 1. The molecule has 0 aliphatic carbocycles. The second-order valence-corrected chi connectivity index (χ2v) is 5.72. The van der Waals surface area contributed by atoms with Gasteiger partial charge in [-0.1, -0.05) is 23.9 Å². The van der Waals surface area contributed by atoms with E-state index in [-0.39, 0.29) is 22.8 Å². The smallest absolute Gasteiger partial charge is 0.186 e. The first kappa shape index (κ1) is 15.5. The van der Waals surface area contributed by atoms with Crippen molar-refractivity contribution < 1.29 is 4.39 Å². The summed E-state index contributed by atoms with van der Waals surface area (Å²) in [6, 6.07) is 6.45. The van der Waals surface area contributed by atoms with Crippen LogP contribution in [0.3, 0.4) is 0 Å². The van der Waals surface area contributed by atoms with Gasteiger partial charge in [0, 0.05) is 18.8 Å². The van der Waals surface area contributed by atoms with E-state index in [1.54, 1.807) is 23.9 Å². The van der Waals surface area contributed by atoms with Gasteiger partial charge >= 0.3 is 0 Å². The molecule has 0 aromatic heterocycles. The standard InChI is InChI=1S/C14H16FN3S.BrH/c15-12-6-4-11(5-7-12)13-10-19-14(17-16-13)18-8-2-1-3-9-18;/h4-7H,1-3,8-10H2;1H. The van der Waals surface area contributed by atoms with Crippen molar-refractivity contribution in [3.8, 4) is 0 Å². The van der Waals surface area contributed by atoms with Crippen LogP contribution in [0.15, 0.2) is 34.5 Å². The van der Waals surface area contributed by atoms with Crippen molar-refractivity contribution in [3.05, 3.63) is 35.6 Å². The molecule has 0 bridgehead atoms. The molecule has 108 valence electrons. The van der Waals surface area contributed by atoms with Crippen LogP contribution >= 0.6 is 28.7 Å². The number of hydrogen-bond donors (Lipinski definition) is 0. The van der Waals surface area contributed by atoms with Crippen LogP contribution in [0.5, 0.6) is 0 Å². The Morgan fingerprint density at radius 3 is 2.30 bits per heavy atom. The van der Waals surface area contributed by atoms with E-state index >= 15 is 0 Å². The van der Waals surface area contributed by atoms with Crippen molar-refractivity contribution in [2.24, 2.45) is 10.2 Å². The van der Waals surface area contributed by atoms with Gasteiger partial charge in [0.05, 0.1) is 5.71 Å². The van der Waals surface area contributed by atoms with Gasteiger partial charge in [-0.15, -0.1) is 22.1 Å². The highest BCUT2D eigenvalue weighted by Gasteiger charge is 2.19. The summed E-state index contributed by atoms with van der Waals surface area (Å²) in [7, 11) is 0. The zero-order valence-electron chi connectivity index (χ0n) is 11.1. The zero-order chi connectivity index (χ0) is 13.1. The Labute approximate surface area is 133 Å². The van der Waals surface area contributed by atoms with Crippen LogP contribution in [0.2, 0.25) is 0 Å². The number of likely N-dealkylation sites (tertiary alicyclic amines) is 1. The van der Waals surface area contributed by atoms with Crippen molar-refractivity contribution in [2.75, 3.05) is 18.8 Å². The molecule has 2 aliphatic heterocycles. The van der Waals surface area contributed by atoms with E-state index in [2.05, 4.69) is 15.1 Å². The van der Waals surface area contributed by atoms with E-state index in [9.17, 15) is 4.39 Å². The first-order valence-electron chi connectivity index (χ1n) is 6.61. The fourth-order valence-electron chi connectivity index (χ4n) is 2.32. The number of nitrogens with zero attached hydrogens (tertiary/aromatic N) is 3. The van der Waals surface area contributed by atoms with Crippen molar-refractivity contribution in [1.82, 2.24) is 4.90 Å². The lowest BCUT2D eigenvalue weighted by atomic mass is 10.1. The molecule has 1 aromatic rings. The summed E-state index contributed by atoms with van der Waals surface area (Å²) in [6.07, 6.45) is 3.81. The van der Waals surface area contributed by atoms with Crippen LogP contribution < -0.4 is 0 Å². The van der Waals surface area contributed by atoms with E-state index in [4.69, 9.17) is 0 Å². The van der Waals surface area contributed by atoms with Gasteiger partial charge in [-0.3, -0.25) is 0 Å². The highest BCUT2D eigenvalue weighted by atomic mass is 79.9. The van der Waals surface area contributed by atoms with Crippen LogP contribution in [-0.4, -0.2) is 34.6 Å². The topological polar surface area (TPSA) is 28.0 Å². The van der Waals surface area contributed by atoms with E-state index in [0.717, 1.165) is 35.3 Å². The molecule has 6 heteroatoms. The lowest BCUT2D eigenvalue weighted by molar-refractivity contribution is 0.347. The van der Waals surface area contributed by atoms with Crippen LogP contribution in [0, 0.1) is 5.82 Å². The largest absolute Gasteiger partial charge is 0.350 e. The highest BCUT2D eigenvalue weighted by molar-refractivity contribution is 8.93. The molecular formula is C14H17BrFN3S. The normalized spacial score (nSPS) is 18.9. The molecule has 1 saturated heterocycles. The minimum absolute atomic E-state index is 0. The van der Waals surface area contributed by atoms with Gasteiger partial charge in [0.15, 0.2) is 5.17 Å². The molecule has 0 atom stereocenters. The van der Waals surface area contributed by atoms with Crippen LogP contribution in [-0.2, 0) is 0 Å². The molecule has 1 aromatic carbocycles. The number of hydrogen-bond acceptors (Lipinski definition) is 4. The van der Waals surface area contributed by atoms with Crippen LogP contribution in [0.25, 0.3) is 0 Å². The SMILES string of the molecule is Br.Fc1ccc(C2=NN=C(N3CCCCC3)SC2)cc1. The van der Waals surface area contributed by atoms with Gasteiger partial charge in [-0.2, -0.15) is 5.10 Å². The Balaban J connectivity index is 0.00000147. The quantitative estimate of drug-likeness (QED) is 0.766. The third kappa shape index (κ3) is 3.61. The molecule has 0 radical (unpaired) electrons. The summed E-state index contributed by atoms with van der Waals surface area (Å²) in [5.41, 5.74) is 1.88. The maximum atomic E-state index is 12.9. The summed E-state index contributed by atoms with van der Waals surface area (Å²) < 4.78 is 12.9. The average Bonchev–Trinajstić information content (AvgIpc) is 2.49. The molecule has 3 rings (SSSR count). The summed E-state index contributed by atoms with van der Waals surface area (Å²) in [5, 5.41) is 9.67. The molecule has 0 saturated carbocycles. The fourth-order valence-corrected chi connectivity index (χ4v) is 3.27. The number of amidine groups is 1. The lowest BCUT2D eigenvalue weighted by Crippen LogP contribution is -2.35. The van der Waals surface area contributed by atoms with E-state index in [1.165, 1.54) is 31.4 Å². The predicted octanol–water partition coefficient (Wildman–Crippen LogP) is 3.70. The molecule has 1 fully saturated rings. The van der Waals surface area contributed by atoms with Gasteiger partial charge in [-0.05, 0) is 37.0 Å². The maximum absolute atomic E-state index is 12.9. The first-order valence-corrected chi connectivity index (χ1v) is 7.60. The Morgan fingerprint density at radius 2 is 1.70 bits per heavy atom. The second kappa shape index (κ2) is 7.22. The minimum atomic E-state index is -0.217. The summed E-state index contributed by atoms with van der Waals surface area (Å²) >= 11 is 1.73. The van der Waals surface area contributed by atoms with Crippen molar-refractivity contribution >= 4 is 39.6 Å². The second-order valence-electron chi connectivity index (χ2n) is 4.77. The molecule has 0 unspecified atom stereocenters. The molecule has 20 heavy (non-hydrogen) atoms. The van der Waals surface area contributed by atoms with Gasteiger partial charge < -0.3 is 4.90 Å². The van der Waals surface area contributed by atoms with Gasteiger partial charge in [0.1, 0.15) is 5.82 Å². The summed E-state index contributed by atoms with van der Waals surface area (Å²) in [4.78, 5) is 2.32. The molecular weight excluding hydrogens is 341 g/mol. The van der Waals surface area contributed by atoms with Gasteiger partial charge in [0.25, 0.3) is 0 Å². The molecule has 0 spiro atoms. The van der Waals surface area contributed by atoms with E-state index in [0.29, 0.717) is 0 Å². The molecule has 0 amide bonds. The maximum Gasteiger partial charge on any atom is 0.186 e. The molecule has 2 aliphatic rings. The number of benzene rings is 1. The van der Waals surface area contributed by atoms with Gasteiger partial charge in [0.2, 0.25) is 0 Å². The minimum Gasteiger partial charge on any atom is -0.350 e.